The zero-order chi connectivity index (χ0) is 19.3. The standard InChI is InChI=1S/C23H32N2O3/c1-28-19-4-2-3-17(13-19)20-14-25(23(27)16-5-7-18(26)8-6-16)21-15-9-11-24(12-10-15)22(20)21/h2-4,13,15-16,18,20-22,26H,5-12,14H2,1H3/t16?,18?,20-,21+,22+/m0/s1. The topological polar surface area (TPSA) is 53.0 Å². The van der Waals surface area contributed by atoms with Crippen molar-refractivity contribution < 1.29 is 14.6 Å². The number of hydrogen-bond donors (Lipinski definition) is 1. The maximum atomic E-state index is 13.5. The molecule has 2 bridgehead atoms. The Morgan fingerprint density at radius 3 is 2.54 bits per heavy atom. The number of likely N-dealkylation sites (tertiary alicyclic amines) is 1. The van der Waals surface area contributed by atoms with E-state index in [1.807, 2.05) is 6.07 Å². The molecule has 5 nitrogen and oxygen atoms in total. The number of hydrogen-bond acceptors (Lipinski definition) is 4. The number of benzene rings is 1. The molecule has 1 saturated carbocycles. The van der Waals surface area contributed by atoms with Gasteiger partial charge in [0.15, 0.2) is 0 Å². The SMILES string of the molecule is COc1cccc([C@@H]2CN(C(=O)C3CCC(O)CC3)[C@@H]3C4CCN(CC4)[C@@H]32)c1. The van der Waals surface area contributed by atoms with Gasteiger partial charge in [0.25, 0.3) is 0 Å². The van der Waals surface area contributed by atoms with Gasteiger partial charge in [0.05, 0.1) is 19.3 Å². The molecule has 5 fully saturated rings. The molecule has 0 aromatic heterocycles. The highest BCUT2D eigenvalue weighted by Crippen LogP contribution is 2.47. The minimum absolute atomic E-state index is 0.101. The Kier molecular flexibility index (Phi) is 4.84. The Morgan fingerprint density at radius 1 is 1.07 bits per heavy atom. The van der Waals surface area contributed by atoms with Gasteiger partial charge in [-0.2, -0.15) is 0 Å². The van der Waals surface area contributed by atoms with Gasteiger partial charge >= 0.3 is 0 Å². The van der Waals surface area contributed by atoms with Crippen molar-refractivity contribution in [2.45, 2.75) is 62.6 Å². The van der Waals surface area contributed by atoms with Crippen LogP contribution < -0.4 is 4.74 Å². The Morgan fingerprint density at radius 2 is 1.82 bits per heavy atom. The lowest BCUT2D eigenvalue weighted by molar-refractivity contribution is -0.142. The average molecular weight is 385 g/mol. The number of ether oxygens (including phenoxy) is 1. The highest BCUT2D eigenvalue weighted by Gasteiger charge is 2.55. The fourth-order valence-corrected chi connectivity index (χ4v) is 6.40. The second-order valence-corrected chi connectivity index (χ2v) is 9.23. The maximum Gasteiger partial charge on any atom is 0.226 e. The quantitative estimate of drug-likeness (QED) is 0.871. The first kappa shape index (κ1) is 18.4. The number of rotatable bonds is 3. The van der Waals surface area contributed by atoms with E-state index in [0.717, 1.165) is 38.0 Å². The molecule has 1 aliphatic carbocycles. The molecule has 1 N–H and O–H groups in total. The van der Waals surface area contributed by atoms with Crippen molar-refractivity contribution in [2.75, 3.05) is 26.7 Å². The van der Waals surface area contributed by atoms with Crippen molar-refractivity contribution in [3.63, 3.8) is 0 Å². The summed E-state index contributed by atoms with van der Waals surface area (Å²) in [5.74, 6) is 2.35. The summed E-state index contributed by atoms with van der Waals surface area (Å²) < 4.78 is 5.47. The van der Waals surface area contributed by atoms with Crippen LogP contribution in [0.5, 0.6) is 5.75 Å². The smallest absolute Gasteiger partial charge is 0.226 e. The minimum Gasteiger partial charge on any atom is -0.497 e. The monoisotopic (exact) mass is 384 g/mol. The molecule has 1 amide bonds. The molecule has 5 aliphatic rings. The Balaban J connectivity index is 1.44. The van der Waals surface area contributed by atoms with Crippen LogP contribution in [0.25, 0.3) is 0 Å². The number of aliphatic hydroxyl groups is 1. The number of aliphatic hydroxyl groups excluding tert-OH is 1. The van der Waals surface area contributed by atoms with Gasteiger partial charge in [0.2, 0.25) is 5.91 Å². The second kappa shape index (κ2) is 7.34. The summed E-state index contributed by atoms with van der Waals surface area (Å²) in [6, 6.07) is 9.25. The van der Waals surface area contributed by atoms with Gasteiger partial charge in [-0.3, -0.25) is 9.69 Å². The highest BCUT2D eigenvalue weighted by molar-refractivity contribution is 5.80. The molecule has 6 rings (SSSR count). The Labute approximate surface area is 167 Å². The highest BCUT2D eigenvalue weighted by atomic mass is 16.5. The van der Waals surface area contributed by atoms with Crippen LogP contribution >= 0.6 is 0 Å². The van der Waals surface area contributed by atoms with E-state index >= 15 is 0 Å². The van der Waals surface area contributed by atoms with Crippen LogP contribution in [0.2, 0.25) is 0 Å². The van der Waals surface area contributed by atoms with Gasteiger partial charge in [-0.25, -0.2) is 0 Å². The molecule has 0 radical (unpaired) electrons. The zero-order valence-electron chi connectivity index (χ0n) is 16.8. The molecule has 0 unspecified atom stereocenters. The van der Waals surface area contributed by atoms with Crippen molar-refractivity contribution in [1.29, 1.82) is 0 Å². The van der Waals surface area contributed by atoms with Crippen LogP contribution in [0, 0.1) is 11.8 Å². The lowest BCUT2D eigenvalue weighted by Gasteiger charge is -2.51. The van der Waals surface area contributed by atoms with Crippen molar-refractivity contribution in [1.82, 2.24) is 9.80 Å². The van der Waals surface area contributed by atoms with E-state index in [-0.39, 0.29) is 12.0 Å². The van der Waals surface area contributed by atoms with Crippen LogP contribution in [0.3, 0.4) is 0 Å². The second-order valence-electron chi connectivity index (χ2n) is 9.23. The first-order valence-corrected chi connectivity index (χ1v) is 11.0. The molecule has 3 atom stereocenters. The van der Waals surface area contributed by atoms with Crippen LogP contribution in [0.15, 0.2) is 24.3 Å². The first-order valence-electron chi connectivity index (χ1n) is 11.0. The van der Waals surface area contributed by atoms with Crippen molar-refractivity contribution in [2.24, 2.45) is 11.8 Å². The minimum atomic E-state index is -0.211. The summed E-state index contributed by atoms with van der Waals surface area (Å²) in [7, 11) is 1.72. The van der Waals surface area contributed by atoms with Gasteiger partial charge in [-0.15, -0.1) is 0 Å². The number of amides is 1. The lowest BCUT2D eigenvalue weighted by atomic mass is 9.75. The molecular weight excluding hydrogens is 352 g/mol. The fourth-order valence-electron chi connectivity index (χ4n) is 6.40. The van der Waals surface area contributed by atoms with E-state index in [1.54, 1.807) is 7.11 Å². The molecule has 4 aliphatic heterocycles. The average Bonchev–Trinajstić information content (AvgIpc) is 3.18. The largest absolute Gasteiger partial charge is 0.497 e. The maximum absolute atomic E-state index is 13.5. The summed E-state index contributed by atoms with van der Waals surface area (Å²) >= 11 is 0. The van der Waals surface area contributed by atoms with Gasteiger partial charge < -0.3 is 14.7 Å². The third kappa shape index (κ3) is 3.03. The third-order valence-corrected chi connectivity index (χ3v) is 7.85. The van der Waals surface area contributed by atoms with Crippen LogP contribution in [-0.4, -0.2) is 65.7 Å². The van der Waals surface area contributed by atoms with Crippen molar-refractivity contribution in [3.8, 4) is 5.75 Å². The third-order valence-electron chi connectivity index (χ3n) is 7.85. The van der Waals surface area contributed by atoms with Gasteiger partial charge in [0, 0.05) is 24.4 Å². The molecule has 0 spiro atoms. The van der Waals surface area contributed by atoms with E-state index < -0.39 is 0 Å². The van der Waals surface area contributed by atoms with E-state index in [4.69, 9.17) is 4.74 Å². The molecular formula is C23H32N2O3. The number of piperidine rings is 3. The van der Waals surface area contributed by atoms with Gasteiger partial charge in [-0.1, -0.05) is 12.1 Å². The van der Waals surface area contributed by atoms with Gasteiger partial charge in [0.1, 0.15) is 5.75 Å². The molecule has 1 aromatic carbocycles. The summed E-state index contributed by atoms with van der Waals surface area (Å²) in [6.45, 7) is 3.17. The summed E-state index contributed by atoms with van der Waals surface area (Å²) in [6.07, 6.45) is 5.45. The molecule has 28 heavy (non-hydrogen) atoms. The number of fused-ring (bicyclic) bond motifs is 2. The zero-order valence-corrected chi connectivity index (χ0v) is 16.8. The van der Waals surface area contributed by atoms with Crippen molar-refractivity contribution in [3.05, 3.63) is 29.8 Å². The van der Waals surface area contributed by atoms with E-state index in [0.29, 0.717) is 29.8 Å². The molecule has 152 valence electrons. The Bertz CT molecular complexity index is 722. The summed E-state index contributed by atoms with van der Waals surface area (Å²) in [5.41, 5.74) is 1.30. The first-order chi connectivity index (χ1) is 13.7. The molecule has 1 aromatic rings. The van der Waals surface area contributed by atoms with Gasteiger partial charge in [-0.05, 0) is 75.2 Å². The van der Waals surface area contributed by atoms with E-state index in [9.17, 15) is 9.90 Å². The van der Waals surface area contributed by atoms with Crippen LogP contribution in [-0.2, 0) is 4.79 Å². The van der Waals surface area contributed by atoms with Crippen molar-refractivity contribution >= 4 is 5.91 Å². The lowest BCUT2D eigenvalue weighted by Crippen LogP contribution is -2.61. The van der Waals surface area contributed by atoms with E-state index in [2.05, 4.69) is 28.0 Å². The van der Waals surface area contributed by atoms with Crippen LogP contribution in [0.4, 0.5) is 0 Å². The predicted molar refractivity (Wildman–Crippen MR) is 107 cm³/mol. The summed E-state index contributed by atoms with van der Waals surface area (Å²) in [4.78, 5) is 18.4. The fraction of sp³-hybridized carbons (Fsp3) is 0.696. The predicted octanol–water partition coefficient (Wildman–Crippen LogP) is 2.63. The molecule has 4 heterocycles. The molecule has 4 saturated heterocycles. The summed E-state index contributed by atoms with van der Waals surface area (Å²) in [5, 5.41) is 9.84. The number of nitrogens with zero attached hydrogens (tertiary/aromatic N) is 2. The number of carbonyl (C=O) groups is 1. The normalized spacial score (nSPS) is 39.6. The number of carbonyl (C=O) groups excluding carboxylic acids is 1. The van der Waals surface area contributed by atoms with Crippen LogP contribution in [0.1, 0.15) is 50.0 Å². The van der Waals surface area contributed by atoms with E-state index in [1.165, 1.54) is 31.5 Å². The molecule has 5 heteroatoms. The number of methoxy groups -OCH3 is 1. The Hall–Kier alpha value is -1.59.